The summed E-state index contributed by atoms with van der Waals surface area (Å²) in [5.41, 5.74) is -0.0418. The molecule has 1 saturated heterocycles. The molecule has 2 rings (SSSR count). The van der Waals surface area contributed by atoms with Crippen molar-refractivity contribution >= 4 is 12.1 Å². The highest BCUT2D eigenvalue weighted by Gasteiger charge is 2.48. The smallest absolute Gasteiger partial charge is 0.149 e. The molecule has 2 aliphatic rings. The van der Waals surface area contributed by atoms with Crippen LogP contribution in [0.5, 0.6) is 0 Å². The van der Waals surface area contributed by atoms with E-state index >= 15 is 0 Å². The highest BCUT2D eigenvalue weighted by atomic mass is 16.5. The fourth-order valence-electron chi connectivity index (χ4n) is 3.29. The van der Waals surface area contributed by atoms with E-state index in [-0.39, 0.29) is 23.8 Å². The van der Waals surface area contributed by atoms with Gasteiger partial charge in [-0.15, -0.1) is 0 Å². The molecule has 4 unspecified atom stereocenters. The number of rotatable bonds is 7. The van der Waals surface area contributed by atoms with Crippen LogP contribution in [-0.2, 0) is 14.3 Å². The van der Waals surface area contributed by atoms with Gasteiger partial charge in [-0.05, 0) is 40.2 Å². The van der Waals surface area contributed by atoms with Crippen LogP contribution < -0.4 is 5.32 Å². The van der Waals surface area contributed by atoms with Gasteiger partial charge < -0.3 is 20.0 Å². The lowest BCUT2D eigenvalue weighted by Crippen LogP contribution is -2.63. The van der Waals surface area contributed by atoms with Crippen LogP contribution in [0.15, 0.2) is 23.8 Å². The molecule has 1 fully saturated rings. The predicted molar refractivity (Wildman–Crippen MR) is 88.1 cm³/mol. The summed E-state index contributed by atoms with van der Waals surface area (Å²) in [5, 5.41) is 14.1. The average Bonchev–Trinajstić information content (AvgIpc) is 2.49. The van der Waals surface area contributed by atoms with Gasteiger partial charge in [-0.1, -0.05) is 18.2 Å². The lowest BCUT2D eigenvalue weighted by Gasteiger charge is -2.49. The third-order valence-electron chi connectivity index (χ3n) is 4.62. The zero-order valence-electron chi connectivity index (χ0n) is 14.1. The van der Waals surface area contributed by atoms with Crippen molar-refractivity contribution in [1.82, 2.24) is 5.32 Å². The van der Waals surface area contributed by atoms with E-state index in [0.29, 0.717) is 12.0 Å². The summed E-state index contributed by atoms with van der Waals surface area (Å²) in [6.07, 6.45) is 7.85. The van der Waals surface area contributed by atoms with Crippen molar-refractivity contribution in [3.63, 3.8) is 0 Å². The molecule has 0 radical (unpaired) electrons. The second kappa shape index (κ2) is 7.51. The number of ether oxygens (including phenoxy) is 1. The first-order valence-electron chi connectivity index (χ1n) is 8.29. The molecule has 4 atom stereocenters. The Morgan fingerprint density at radius 2 is 2.17 bits per heavy atom. The third-order valence-corrected chi connectivity index (χ3v) is 4.62. The van der Waals surface area contributed by atoms with Gasteiger partial charge in [-0.2, -0.15) is 0 Å². The number of fused-ring (bicyclic) bond motifs is 1. The molecule has 1 aliphatic heterocycles. The molecule has 0 bridgehead atoms. The van der Waals surface area contributed by atoms with Gasteiger partial charge in [0.05, 0.1) is 17.8 Å². The van der Waals surface area contributed by atoms with Crippen molar-refractivity contribution in [2.45, 2.75) is 63.9 Å². The maximum atomic E-state index is 11.0. The maximum absolute atomic E-state index is 11.0. The van der Waals surface area contributed by atoms with Gasteiger partial charge in [0, 0.05) is 24.0 Å². The Bertz CT molecular complexity index is 509. The molecular weight excluding hydrogens is 294 g/mol. The number of Topliss-reactive ketones (excluding diaryl/α,β-unsaturated/α-hetero) is 1. The van der Waals surface area contributed by atoms with Crippen LogP contribution in [0.25, 0.3) is 0 Å². The second-order valence-electron chi connectivity index (χ2n) is 6.99. The first-order chi connectivity index (χ1) is 10.8. The van der Waals surface area contributed by atoms with Gasteiger partial charge >= 0.3 is 0 Å². The SMILES string of the molecule is CC(=O)CCCCNC1C2C=C(C=O)C=CC2OC(C)(C)C1O. The Labute approximate surface area is 137 Å². The van der Waals surface area contributed by atoms with Crippen LogP contribution in [0, 0.1) is 5.92 Å². The zero-order valence-corrected chi connectivity index (χ0v) is 14.1. The van der Waals surface area contributed by atoms with Gasteiger partial charge in [-0.25, -0.2) is 0 Å². The number of unbranched alkanes of at least 4 members (excludes halogenated alkanes) is 1. The number of hydrogen-bond acceptors (Lipinski definition) is 5. The van der Waals surface area contributed by atoms with Crippen LogP contribution in [0.3, 0.4) is 0 Å². The van der Waals surface area contributed by atoms with E-state index in [1.165, 1.54) is 0 Å². The molecule has 0 spiro atoms. The molecule has 0 aromatic carbocycles. The topological polar surface area (TPSA) is 75.6 Å². The first-order valence-corrected chi connectivity index (χ1v) is 8.29. The minimum atomic E-state index is -0.674. The molecule has 5 heteroatoms. The Kier molecular flexibility index (Phi) is 5.89. The van der Waals surface area contributed by atoms with E-state index in [2.05, 4.69) is 5.32 Å². The molecule has 5 nitrogen and oxygen atoms in total. The fraction of sp³-hybridized carbons (Fsp3) is 0.667. The number of carbonyl (C=O) groups is 2. The number of nitrogens with one attached hydrogen (secondary N) is 1. The Morgan fingerprint density at radius 1 is 1.43 bits per heavy atom. The molecular formula is C18H27NO4. The maximum Gasteiger partial charge on any atom is 0.149 e. The fourth-order valence-corrected chi connectivity index (χ4v) is 3.29. The van der Waals surface area contributed by atoms with Gasteiger partial charge in [0.2, 0.25) is 0 Å². The summed E-state index contributed by atoms with van der Waals surface area (Å²) in [7, 11) is 0. The van der Waals surface area contributed by atoms with E-state index < -0.39 is 11.7 Å². The summed E-state index contributed by atoms with van der Waals surface area (Å²) < 4.78 is 5.99. The van der Waals surface area contributed by atoms with Crippen LogP contribution in [0.4, 0.5) is 0 Å². The van der Waals surface area contributed by atoms with Gasteiger partial charge in [0.25, 0.3) is 0 Å². The number of aliphatic hydroxyl groups excluding tert-OH is 1. The second-order valence-corrected chi connectivity index (χ2v) is 6.99. The van der Waals surface area contributed by atoms with Gasteiger partial charge in [0.15, 0.2) is 0 Å². The Hall–Kier alpha value is -1.30. The number of aliphatic hydroxyl groups is 1. The summed E-state index contributed by atoms with van der Waals surface area (Å²) in [4.78, 5) is 22.0. The lowest BCUT2D eigenvalue weighted by molar-refractivity contribution is -0.185. The van der Waals surface area contributed by atoms with Gasteiger partial charge in [0.1, 0.15) is 12.1 Å². The number of ketones is 1. The standard InChI is InChI=1S/C18H27NO4/c1-12(21)6-4-5-9-19-16-14-10-13(11-20)7-8-15(14)23-18(2,3)17(16)22/h7-8,10-11,14-17,19,22H,4-6,9H2,1-3H3. The number of allylic oxidation sites excluding steroid dienone is 2. The Balaban J connectivity index is 2.03. The van der Waals surface area contributed by atoms with Crippen molar-refractivity contribution in [3.05, 3.63) is 23.8 Å². The first kappa shape index (κ1) is 18.0. The van der Waals surface area contributed by atoms with E-state index in [0.717, 1.165) is 25.7 Å². The normalized spacial score (nSPS) is 32.1. The van der Waals surface area contributed by atoms with Crippen molar-refractivity contribution < 1.29 is 19.4 Å². The number of hydrogen-bond donors (Lipinski definition) is 2. The summed E-state index contributed by atoms with van der Waals surface area (Å²) >= 11 is 0. The van der Waals surface area contributed by atoms with Crippen molar-refractivity contribution in [3.8, 4) is 0 Å². The summed E-state index contributed by atoms with van der Waals surface area (Å²) in [6, 6.07) is -0.180. The van der Waals surface area contributed by atoms with Crippen LogP contribution in [0.2, 0.25) is 0 Å². The highest BCUT2D eigenvalue weighted by molar-refractivity contribution is 5.78. The van der Waals surface area contributed by atoms with Crippen LogP contribution >= 0.6 is 0 Å². The minimum Gasteiger partial charge on any atom is -0.388 e. The van der Waals surface area contributed by atoms with E-state index in [1.807, 2.05) is 26.0 Å². The quantitative estimate of drug-likeness (QED) is 0.550. The minimum absolute atomic E-state index is 0.0731. The molecule has 0 aromatic rings. The third kappa shape index (κ3) is 4.37. The molecule has 1 aliphatic carbocycles. The molecule has 0 amide bonds. The summed E-state index contributed by atoms with van der Waals surface area (Å²) in [6.45, 7) is 6.08. The van der Waals surface area contributed by atoms with Crippen molar-refractivity contribution in [2.24, 2.45) is 5.92 Å². The molecule has 0 aromatic heterocycles. The molecule has 2 N–H and O–H groups in total. The van der Waals surface area contributed by atoms with Crippen molar-refractivity contribution in [1.29, 1.82) is 0 Å². The number of carbonyl (C=O) groups excluding carboxylic acids is 2. The molecule has 23 heavy (non-hydrogen) atoms. The number of aldehydes is 1. The lowest BCUT2D eigenvalue weighted by atomic mass is 9.77. The van der Waals surface area contributed by atoms with Crippen LogP contribution in [0.1, 0.15) is 40.0 Å². The zero-order chi connectivity index (χ0) is 17.0. The van der Waals surface area contributed by atoms with E-state index in [4.69, 9.17) is 4.74 Å². The molecule has 1 heterocycles. The van der Waals surface area contributed by atoms with E-state index in [1.54, 1.807) is 13.0 Å². The highest BCUT2D eigenvalue weighted by Crippen LogP contribution is 2.36. The summed E-state index contributed by atoms with van der Waals surface area (Å²) in [5.74, 6) is 0.129. The Morgan fingerprint density at radius 3 is 2.83 bits per heavy atom. The van der Waals surface area contributed by atoms with E-state index in [9.17, 15) is 14.7 Å². The average molecular weight is 321 g/mol. The van der Waals surface area contributed by atoms with Gasteiger partial charge in [-0.3, -0.25) is 4.79 Å². The van der Waals surface area contributed by atoms with Crippen molar-refractivity contribution in [2.75, 3.05) is 6.54 Å². The monoisotopic (exact) mass is 321 g/mol. The predicted octanol–water partition coefficient (Wildman–Crippen LogP) is 1.55. The molecule has 128 valence electrons. The van der Waals surface area contributed by atoms with Crippen LogP contribution in [-0.4, -0.2) is 47.6 Å². The largest absolute Gasteiger partial charge is 0.388 e. The molecule has 0 saturated carbocycles.